The summed E-state index contributed by atoms with van der Waals surface area (Å²) in [6.45, 7) is 0. The van der Waals surface area contributed by atoms with Gasteiger partial charge in [0.15, 0.2) is 0 Å². The third kappa shape index (κ3) is 2.59. The Labute approximate surface area is 90.6 Å². The van der Waals surface area contributed by atoms with E-state index in [9.17, 15) is 9.18 Å². The van der Waals surface area contributed by atoms with Crippen LogP contribution < -0.4 is 0 Å². The highest BCUT2D eigenvalue weighted by Gasteiger charge is 2.13. The normalized spacial score (nSPS) is 10.0. The van der Waals surface area contributed by atoms with Gasteiger partial charge in [-0.1, -0.05) is 23.2 Å². The van der Waals surface area contributed by atoms with Crippen LogP contribution in [0.3, 0.4) is 0 Å². The van der Waals surface area contributed by atoms with Gasteiger partial charge >= 0.3 is 5.97 Å². The van der Waals surface area contributed by atoms with Crippen LogP contribution >= 0.6 is 23.2 Å². The molecular weight excluding hydrogens is 230 g/mol. The fourth-order valence-corrected chi connectivity index (χ4v) is 1.49. The lowest BCUT2D eigenvalue weighted by molar-refractivity contribution is -0.139. The van der Waals surface area contributed by atoms with E-state index in [0.29, 0.717) is 0 Å². The topological polar surface area (TPSA) is 26.3 Å². The van der Waals surface area contributed by atoms with Crippen LogP contribution in [0.4, 0.5) is 4.39 Å². The highest BCUT2D eigenvalue weighted by molar-refractivity contribution is 6.35. The van der Waals surface area contributed by atoms with Gasteiger partial charge in [-0.15, -0.1) is 0 Å². The van der Waals surface area contributed by atoms with Gasteiger partial charge in [-0.2, -0.15) is 0 Å². The van der Waals surface area contributed by atoms with Crippen LogP contribution in [-0.2, 0) is 16.0 Å². The first kappa shape index (κ1) is 11.3. The molecule has 0 saturated heterocycles. The van der Waals surface area contributed by atoms with E-state index in [1.165, 1.54) is 13.2 Å². The second-order valence-electron chi connectivity index (χ2n) is 2.60. The van der Waals surface area contributed by atoms with E-state index in [4.69, 9.17) is 23.2 Å². The van der Waals surface area contributed by atoms with Crippen molar-refractivity contribution in [2.24, 2.45) is 0 Å². The zero-order chi connectivity index (χ0) is 10.7. The van der Waals surface area contributed by atoms with Crippen LogP contribution in [0.1, 0.15) is 5.56 Å². The number of hydrogen-bond donors (Lipinski definition) is 0. The fourth-order valence-electron chi connectivity index (χ4n) is 0.957. The number of rotatable bonds is 2. The summed E-state index contributed by atoms with van der Waals surface area (Å²) in [6, 6.07) is 2.48. The minimum Gasteiger partial charge on any atom is -0.469 e. The maximum Gasteiger partial charge on any atom is 0.310 e. The molecular formula is C9H7Cl2FO2. The lowest BCUT2D eigenvalue weighted by Crippen LogP contribution is -2.06. The van der Waals surface area contributed by atoms with Crippen molar-refractivity contribution in [3.05, 3.63) is 33.6 Å². The smallest absolute Gasteiger partial charge is 0.310 e. The van der Waals surface area contributed by atoms with Crippen molar-refractivity contribution in [3.63, 3.8) is 0 Å². The lowest BCUT2D eigenvalue weighted by Gasteiger charge is -2.04. The van der Waals surface area contributed by atoms with Crippen molar-refractivity contribution in [1.29, 1.82) is 0 Å². The van der Waals surface area contributed by atoms with E-state index < -0.39 is 11.8 Å². The van der Waals surface area contributed by atoms with Crippen molar-refractivity contribution in [2.75, 3.05) is 7.11 Å². The largest absolute Gasteiger partial charge is 0.469 e. The Morgan fingerprint density at radius 1 is 1.50 bits per heavy atom. The average molecular weight is 237 g/mol. The maximum absolute atomic E-state index is 13.2. The van der Waals surface area contributed by atoms with Crippen LogP contribution in [0.25, 0.3) is 0 Å². The Balaban J connectivity index is 3.02. The molecule has 0 aliphatic heterocycles. The second-order valence-corrected chi connectivity index (χ2v) is 3.44. The molecule has 76 valence electrons. The SMILES string of the molecule is COC(=O)Cc1c(F)cc(Cl)cc1Cl. The molecule has 0 bridgehead atoms. The van der Waals surface area contributed by atoms with Gasteiger partial charge in [0.05, 0.1) is 13.5 Å². The number of halogens is 3. The number of methoxy groups -OCH3 is 1. The van der Waals surface area contributed by atoms with Gasteiger partial charge in [0, 0.05) is 15.6 Å². The van der Waals surface area contributed by atoms with E-state index in [-0.39, 0.29) is 22.0 Å². The first-order chi connectivity index (χ1) is 6.54. The molecule has 14 heavy (non-hydrogen) atoms. The number of ether oxygens (including phenoxy) is 1. The van der Waals surface area contributed by atoms with Crippen molar-refractivity contribution >= 4 is 29.2 Å². The molecule has 0 atom stereocenters. The molecule has 1 aromatic rings. The Morgan fingerprint density at radius 3 is 2.64 bits per heavy atom. The summed E-state index contributed by atoms with van der Waals surface area (Å²) in [5.41, 5.74) is 0.0999. The van der Waals surface area contributed by atoms with Gasteiger partial charge in [0.25, 0.3) is 0 Å². The van der Waals surface area contributed by atoms with Gasteiger partial charge in [0.2, 0.25) is 0 Å². The third-order valence-corrected chi connectivity index (χ3v) is 2.21. The van der Waals surface area contributed by atoms with E-state index >= 15 is 0 Å². The first-order valence-electron chi connectivity index (χ1n) is 3.75. The van der Waals surface area contributed by atoms with Crippen molar-refractivity contribution in [2.45, 2.75) is 6.42 Å². The Morgan fingerprint density at radius 2 is 2.14 bits per heavy atom. The molecule has 0 aliphatic rings. The molecule has 1 aromatic carbocycles. The molecule has 0 heterocycles. The first-order valence-corrected chi connectivity index (χ1v) is 4.50. The predicted molar refractivity (Wildman–Crippen MR) is 52.1 cm³/mol. The summed E-state index contributed by atoms with van der Waals surface area (Å²) in [7, 11) is 1.23. The minimum atomic E-state index is -0.604. The number of hydrogen-bond acceptors (Lipinski definition) is 2. The maximum atomic E-state index is 13.2. The molecule has 0 saturated carbocycles. The van der Waals surface area contributed by atoms with E-state index in [0.717, 1.165) is 6.07 Å². The zero-order valence-electron chi connectivity index (χ0n) is 7.31. The summed E-state index contributed by atoms with van der Waals surface area (Å²) >= 11 is 11.3. The monoisotopic (exact) mass is 236 g/mol. The van der Waals surface area contributed by atoms with Crippen LogP contribution in [0, 0.1) is 5.82 Å². The highest BCUT2D eigenvalue weighted by Crippen LogP contribution is 2.24. The molecule has 0 radical (unpaired) electrons. The van der Waals surface area contributed by atoms with Gasteiger partial charge in [-0.25, -0.2) is 4.39 Å². The predicted octanol–water partition coefficient (Wildman–Crippen LogP) is 2.85. The number of benzene rings is 1. The van der Waals surface area contributed by atoms with Gasteiger partial charge < -0.3 is 4.74 Å². The Bertz CT molecular complexity index is 343. The standard InChI is InChI=1S/C9H7Cl2FO2/c1-14-9(13)4-6-7(11)2-5(10)3-8(6)12/h2-3H,4H2,1H3. The summed E-state index contributed by atoms with van der Waals surface area (Å²) in [5, 5.41) is 0.321. The molecule has 0 fully saturated rings. The van der Waals surface area contributed by atoms with E-state index in [2.05, 4.69) is 4.74 Å². The molecule has 0 unspecified atom stereocenters. The molecule has 1 rings (SSSR count). The molecule has 0 aliphatic carbocycles. The second kappa shape index (κ2) is 4.62. The molecule has 0 N–H and O–H groups in total. The fraction of sp³-hybridized carbons (Fsp3) is 0.222. The Kier molecular flexibility index (Phi) is 3.72. The molecule has 0 amide bonds. The minimum absolute atomic E-state index is 0.0999. The van der Waals surface area contributed by atoms with E-state index in [1.807, 2.05) is 0 Å². The molecule has 0 spiro atoms. The van der Waals surface area contributed by atoms with Gasteiger partial charge in [0.1, 0.15) is 5.82 Å². The summed E-state index contributed by atoms with van der Waals surface area (Å²) < 4.78 is 17.6. The average Bonchev–Trinajstić information content (AvgIpc) is 2.10. The summed E-state index contributed by atoms with van der Waals surface area (Å²) in [6.07, 6.45) is -0.196. The van der Waals surface area contributed by atoms with Gasteiger partial charge in [-0.3, -0.25) is 4.79 Å². The molecule has 0 aromatic heterocycles. The third-order valence-electron chi connectivity index (χ3n) is 1.65. The van der Waals surface area contributed by atoms with Crippen LogP contribution in [0.15, 0.2) is 12.1 Å². The van der Waals surface area contributed by atoms with Crippen molar-refractivity contribution < 1.29 is 13.9 Å². The van der Waals surface area contributed by atoms with Crippen LogP contribution in [-0.4, -0.2) is 13.1 Å². The molecule has 5 heteroatoms. The zero-order valence-corrected chi connectivity index (χ0v) is 8.82. The van der Waals surface area contributed by atoms with Crippen LogP contribution in [0.2, 0.25) is 10.0 Å². The van der Waals surface area contributed by atoms with Crippen LogP contribution in [0.5, 0.6) is 0 Å². The Hall–Kier alpha value is -0.800. The highest BCUT2D eigenvalue weighted by atomic mass is 35.5. The summed E-state index contributed by atoms with van der Waals surface area (Å²) in [4.78, 5) is 10.9. The lowest BCUT2D eigenvalue weighted by atomic mass is 10.1. The molecule has 2 nitrogen and oxygen atoms in total. The van der Waals surface area contributed by atoms with Gasteiger partial charge in [-0.05, 0) is 12.1 Å². The van der Waals surface area contributed by atoms with E-state index in [1.54, 1.807) is 0 Å². The quantitative estimate of drug-likeness (QED) is 0.739. The number of carbonyl (C=O) groups is 1. The summed E-state index contributed by atoms with van der Waals surface area (Å²) in [5.74, 6) is -1.15. The van der Waals surface area contributed by atoms with Crippen molar-refractivity contribution in [1.82, 2.24) is 0 Å². The number of carbonyl (C=O) groups excluding carboxylic acids is 1. The van der Waals surface area contributed by atoms with Crippen molar-refractivity contribution in [3.8, 4) is 0 Å². The number of esters is 1.